The monoisotopic (exact) mass is 803 g/mol. The van der Waals surface area contributed by atoms with E-state index in [0.717, 1.165) is 11.3 Å². The maximum atomic E-state index is 13.3. The SMILES string of the molecule is Cc1nc(-c2cccc(C(=O)O)c2)no1.Cc1nc(-c2cncc(C(=O)NCCc3coc(-c4cccc(F)c4)n3)c2)no1.NCCc1coc(-c2ccc(F)cc2)n1. The van der Waals surface area contributed by atoms with Crippen LogP contribution in [0.1, 0.15) is 43.9 Å². The molecule has 0 spiro atoms. The first-order valence-electron chi connectivity index (χ1n) is 17.8. The van der Waals surface area contributed by atoms with Gasteiger partial charge in [-0.1, -0.05) is 28.5 Å². The number of pyridine rings is 1. The summed E-state index contributed by atoms with van der Waals surface area (Å²) < 4.78 is 46.4. The lowest BCUT2D eigenvalue weighted by Gasteiger charge is -2.04. The molecule has 0 unspecified atom stereocenters. The number of carbonyl (C=O) groups is 2. The van der Waals surface area contributed by atoms with Crippen LogP contribution >= 0.6 is 0 Å². The summed E-state index contributed by atoms with van der Waals surface area (Å²) in [4.78, 5) is 43.9. The number of aryl methyl sites for hydroxylation is 2. The molecule has 5 aromatic heterocycles. The molecule has 3 aromatic carbocycles. The van der Waals surface area contributed by atoms with Crippen LogP contribution in [0.4, 0.5) is 8.78 Å². The Morgan fingerprint density at radius 1 is 0.678 bits per heavy atom. The molecule has 16 nitrogen and oxygen atoms in total. The molecule has 0 aliphatic rings. The van der Waals surface area contributed by atoms with E-state index in [1.807, 2.05) is 0 Å². The quantitative estimate of drug-likeness (QED) is 0.120. The normalized spacial score (nSPS) is 10.6. The lowest BCUT2D eigenvalue weighted by Crippen LogP contribution is -2.25. The van der Waals surface area contributed by atoms with Crippen molar-refractivity contribution in [2.24, 2.45) is 5.73 Å². The second-order valence-corrected chi connectivity index (χ2v) is 12.5. The minimum Gasteiger partial charge on any atom is -0.478 e. The van der Waals surface area contributed by atoms with E-state index in [0.29, 0.717) is 89.1 Å². The van der Waals surface area contributed by atoms with E-state index in [9.17, 15) is 18.4 Å². The predicted molar refractivity (Wildman–Crippen MR) is 206 cm³/mol. The van der Waals surface area contributed by atoms with Gasteiger partial charge in [0.25, 0.3) is 5.91 Å². The van der Waals surface area contributed by atoms with E-state index >= 15 is 0 Å². The number of hydrogen-bond acceptors (Lipinski definition) is 14. The highest BCUT2D eigenvalue weighted by Gasteiger charge is 2.13. The number of nitrogens with one attached hydrogen (secondary N) is 1. The Labute approximate surface area is 334 Å². The summed E-state index contributed by atoms with van der Waals surface area (Å²) in [5.41, 5.74) is 9.99. The maximum Gasteiger partial charge on any atom is 0.335 e. The van der Waals surface area contributed by atoms with Gasteiger partial charge >= 0.3 is 5.97 Å². The number of aromatic carboxylic acids is 1. The fourth-order valence-corrected chi connectivity index (χ4v) is 5.19. The van der Waals surface area contributed by atoms with Crippen LogP contribution in [0.3, 0.4) is 0 Å². The van der Waals surface area contributed by atoms with Gasteiger partial charge in [-0.3, -0.25) is 9.78 Å². The smallest absolute Gasteiger partial charge is 0.335 e. The Balaban J connectivity index is 0.000000164. The van der Waals surface area contributed by atoms with Crippen LogP contribution in [0.2, 0.25) is 0 Å². The second-order valence-electron chi connectivity index (χ2n) is 12.5. The van der Waals surface area contributed by atoms with E-state index in [4.69, 9.17) is 28.7 Å². The first-order valence-corrected chi connectivity index (χ1v) is 17.8. The van der Waals surface area contributed by atoms with Crippen molar-refractivity contribution < 1.29 is 41.4 Å². The summed E-state index contributed by atoms with van der Waals surface area (Å²) in [6, 6.07) is 20.1. The molecule has 8 rings (SSSR count). The zero-order valence-corrected chi connectivity index (χ0v) is 31.5. The number of amides is 1. The van der Waals surface area contributed by atoms with E-state index < -0.39 is 5.97 Å². The first kappa shape index (κ1) is 40.9. The molecule has 59 heavy (non-hydrogen) atoms. The number of carboxylic acid groups (broad SMARTS) is 1. The Hall–Kier alpha value is -7.73. The molecule has 4 N–H and O–H groups in total. The molecule has 8 aromatic rings. The third-order valence-electron chi connectivity index (χ3n) is 8.01. The topological polar surface area (TPSA) is 235 Å². The van der Waals surface area contributed by atoms with Crippen molar-refractivity contribution in [3.63, 3.8) is 0 Å². The summed E-state index contributed by atoms with van der Waals surface area (Å²) >= 11 is 0. The van der Waals surface area contributed by atoms with Crippen LogP contribution in [0, 0.1) is 25.5 Å². The highest BCUT2D eigenvalue weighted by atomic mass is 19.1. The van der Waals surface area contributed by atoms with Gasteiger partial charge in [-0.05, 0) is 67.2 Å². The molecular formula is C41H35F2N9O7. The lowest BCUT2D eigenvalue weighted by atomic mass is 10.1. The molecule has 0 fully saturated rings. The van der Waals surface area contributed by atoms with Crippen LogP contribution < -0.4 is 11.1 Å². The fourth-order valence-electron chi connectivity index (χ4n) is 5.19. The fraction of sp³-hybridized carbons (Fsp3) is 0.146. The summed E-state index contributed by atoms with van der Waals surface area (Å²) in [7, 11) is 0. The van der Waals surface area contributed by atoms with Crippen molar-refractivity contribution in [1.82, 2.24) is 40.6 Å². The highest BCUT2D eigenvalue weighted by molar-refractivity contribution is 5.94. The molecule has 0 atom stereocenters. The second kappa shape index (κ2) is 19.4. The average Bonchev–Trinajstić information content (AvgIpc) is 4.08. The van der Waals surface area contributed by atoms with Crippen molar-refractivity contribution in [3.8, 4) is 45.7 Å². The summed E-state index contributed by atoms with van der Waals surface area (Å²) in [5, 5.41) is 19.1. The molecule has 0 radical (unpaired) electrons. The third kappa shape index (κ3) is 11.4. The van der Waals surface area contributed by atoms with Crippen LogP contribution in [-0.4, -0.2) is 65.3 Å². The molecule has 0 saturated carbocycles. The Bertz CT molecular complexity index is 2640. The van der Waals surface area contributed by atoms with E-state index in [1.54, 1.807) is 68.8 Å². The van der Waals surface area contributed by atoms with Gasteiger partial charge in [0.1, 0.15) is 24.2 Å². The summed E-state index contributed by atoms with van der Waals surface area (Å²) in [6.07, 6.45) is 7.24. The first-order chi connectivity index (χ1) is 28.5. The van der Waals surface area contributed by atoms with Gasteiger partial charge in [-0.2, -0.15) is 9.97 Å². The molecule has 5 heterocycles. The van der Waals surface area contributed by atoms with Gasteiger partial charge in [0.2, 0.25) is 35.2 Å². The van der Waals surface area contributed by atoms with Crippen LogP contribution in [-0.2, 0) is 12.8 Å². The zero-order valence-electron chi connectivity index (χ0n) is 31.5. The summed E-state index contributed by atoms with van der Waals surface area (Å²) in [5.74, 6) is 0.592. The standard InChI is InChI=1S/C20H16FN5O3.C11H11FN2O.C10H8N2O3/c1-12-24-18(26-29-12)14-7-15(10-22-9-14)19(27)23-6-5-17-11-28-20(25-17)13-3-2-4-16(21)8-13;12-9-3-1-8(2-4-9)11-14-10(5-6-13)7-15-11;1-6-11-9(12-15-6)7-3-2-4-8(5-7)10(13)14/h2-4,7-11H,5-6H2,1H3,(H,23,27);1-4,7H,5-6,13H2;2-5H,1H3,(H,13,14). The van der Waals surface area contributed by atoms with Crippen LogP contribution in [0.5, 0.6) is 0 Å². The number of halogens is 2. The lowest BCUT2D eigenvalue weighted by molar-refractivity contribution is 0.0696. The molecular weight excluding hydrogens is 769 g/mol. The molecule has 18 heteroatoms. The van der Waals surface area contributed by atoms with Crippen LogP contribution in [0.25, 0.3) is 45.7 Å². The van der Waals surface area contributed by atoms with E-state index in [1.165, 1.54) is 48.9 Å². The molecule has 1 amide bonds. The zero-order chi connectivity index (χ0) is 41.7. The number of carboxylic acids is 1. The van der Waals surface area contributed by atoms with Crippen molar-refractivity contribution in [2.45, 2.75) is 26.7 Å². The van der Waals surface area contributed by atoms with Gasteiger partial charge in [0, 0.05) is 67.9 Å². The van der Waals surface area contributed by atoms with E-state index in [-0.39, 0.29) is 23.1 Å². The number of oxazole rings is 2. The van der Waals surface area contributed by atoms with Crippen molar-refractivity contribution in [2.75, 3.05) is 13.1 Å². The average molecular weight is 804 g/mol. The number of rotatable bonds is 11. The number of hydrogen-bond donors (Lipinski definition) is 3. The molecule has 300 valence electrons. The number of carbonyl (C=O) groups excluding carboxylic acids is 1. The Morgan fingerprint density at radius 2 is 1.29 bits per heavy atom. The van der Waals surface area contributed by atoms with Gasteiger partial charge in [0.15, 0.2) is 0 Å². The van der Waals surface area contributed by atoms with Gasteiger partial charge in [-0.25, -0.2) is 23.5 Å². The van der Waals surface area contributed by atoms with Crippen LogP contribution in [0.15, 0.2) is 122 Å². The minimum absolute atomic E-state index is 0.204. The number of benzene rings is 3. The third-order valence-corrected chi connectivity index (χ3v) is 8.01. The largest absolute Gasteiger partial charge is 0.478 e. The predicted octanol–water partition coefficient (Wildman–Crippen LogP) is 6.93. The van der Waals surface area contributed by atoms with Crippen molar-refractivity contribution >= 4 is 11.9 Å². The number of aromatic nitrogens is 7. The van der Waals surface area contributed by atoms with E-state index in [2.05, 4.69) is 40.6 Å². The minimum atomic E-state index is -0.975. The number of nitrogens with two attached hydrogens (primary N) is 1. The van der Waals surface area contributed by atoms with Gasteiger partial charge in [0.05, 0.1) is 22.5 Å². The number of nitrogens with zero attached hydrogens (tertiary/aromatic N) is 7. The Morgan fingerprint density at radius 3 is 1.92 bits per heavy atom. The molecule has 0 aliphatic carbocycles. The van der Waals surface area contributed by atoms with Crippen molar-refractivity contribution in [1.29, 1.82) is 0 Å². The van der Waals surface area contributed by atoms with Gasteiger partial charge in [-0.15, -0.1) is 0 Å². The summed E-state index contributed by atoms with van der Waals surface area (Å²) in [6.45, 7) is 4.25. The molecule has 0 bridgehead atoms. The maximum absolute atomic E-state index is 13.3. The Kier molecular flexibility index (Phi) is 13.5. The molecule has 0 saturated heterocycles. The highest BCUT2D eigenvalue weighted by Crippen LogP contribution is 2.21. The van der Waals surface area contributed by atoms with Gasteiger partial charge < -0.3 is 34.0 Å². The van der Waals surface area contributed by atoms with Crippen molar-refractivity contribution in [3.05, 3.63) is 150 Å². The molecule has 0 aliphatic heterocycles.